The van der Waals surface area contributed by atoms with Crippen LogP contribution in [0.2, 0.25) is 10.0 Å². The number of piperazine rings is 1. The Kier molecular flexibility index (Phi) is 6.49. The van der Waals surface area contributed by atoms with Gasteiger partial charge in [-0.2, -0.15) is 4.98 Å². The molecular formula is C26H23Cl2N3O3S. The van der Waals surface area contributed by atoms with Crippen molar-refractivity contribution in [1.29, 1.82) is 0 Å². The van der Waals surface area contributed by atoms with E-state index < -0.39 is 9.84 Å². The van der Waals surface area contributed by atoms with Crippen LogP contribution >= 0.6 is 23.2 Å². The lowest BCUT2D eigenvalue weighted by atomic mass is 10.2. The molecule has 1 aliphatic rings. The molecule has 2 heterocycles. The number of hydrogen-bond acceptors (Lipinski definition) is 6. The number of sulfone groups is 1. The first-order chi connectivity index (χ1) is 16.8. The maximum Gasteiger partial charge on any atom is 0.236 e. The standard InChI is InChI=1S/C26H23Cl2N3O3S/c1-18-9-11-21(12-10-18)35(32,33)25-26(34-24(29-25)22-7-2-3-8-23(22)28)31-15-13-30(14-16-31)20-6-4-5-19(27)17-20/h2-12,17H,13-16H2,1H3. The van der Waals surface area contributed by atoms with Gasteiger partial charge in [0.25, 0.3) is 0 Å². The van der Waals surface area contributed by atoms with Gasteiger partial charge in [0, 0.05) is 36.9 Å². The fourth-order valence-corrected chi connectivity index (χ4v) is 5.81. The minimum atomic E-state index is -3.93. The predicted molar refractivity (Wildman–Crippen MR) is 139 cm³/mol. The summed E-state index contributed by atoms with van der Waals surface area (Å²) in [6.45, 7) is 4.37. The Labute approximate surface area is 214 Å². The van der Waals surface area contributed by atoms with Crippen molar-refractivity contribution in [2.75, 3.05) is 36.0 Å². The third-order valence-corrected chi connectivity index (χ3v) is 8.24. The summed E-state index contributed by atoms with van der Waals surface area (Å²) in [6.07, 6.45) is 0. The first-order valence-corrected chi connectivity index (χ1v) is 13.4. The van der Waals surface area contributed by atoms with E-state index in [9.17, 15) is 8.42 Å². The molecule has 0 amide bonds. The smallest absolute Gasteiger partial charge is 0.236 e. The second-order valence-electron chi connectivity index (χ2n) is 8.38. The minimum Gasteiger partial charge on any atom is -0.419 e. The van der Waals surface area contributed by atoms with Crippen LogP contribution in [-0.4, -0.2) is 39.6 Å². The van der Waals surface area contributed by atoms with Crippen LogP contribution in [-0.2, 0) is 9.84 Å². The molecule has 9 heteroatoms. The van der Waals surface area contributed by atoms with Crippen LogP contribution < -0.4 is 9.80 Å². The van der Waals surface area contributed by atoms with Crippen molar-refractivity contribution in [3.05, 3.63) is 88.4 Å². The van der Waals surface area contributed by atoms with E-state index in [4.69, 9.17) is 27.6 Å². The van der Waals surface area contributed by atoms with E-state index in [0.29, 0.717) is 41.8 Å². The Morgan fingerprint density at radius 2 is 1.54 bits per heavy atom. The molecule has 3 aromatic carbocycles. The normalized spacial score (nSPS) is 14.4. The van der Waals surface area contributed by atoms with E-state index >= 15 is 0 Å². The number of nitrogens with zero attached hydrogens (tertiary/aromatic N) is 3. The Bertz CT molecular complexity index is 1460. The van der Waals surface area contributed by atoms with Crippen LogP contribution in [0.4, 0.5) is 11.6 Å². The number of benzene rings is 3. The molecule has 0 unspecified atom stereocenters. The molecule has 6 nitrogen and oxygen atoms in total. The average Bonchev–Trinajstić information content (AvgIpc) is 3.31. The molecule has 0 aliphatic carbocycles. The third kappa shape index (κ3) is 4.76. The second-order valence-corrected chi connectivity index (χ2v) is 11.1. The number of halogens is 2. The monoisotopic (exact) mass is 527 g/mol. The average molecular weight is 528 g/mol. The lowest BCUT2D eigenvalue weighted by Gasteiger charge is -2.36. The fourth-order valence-electron chi connectivity index (χ4n) is 4.09. The lowest BCUT2D eigenvalue weighted by molar-refractivity contribution is 0.525. The summed E-state index contributed by atoms with van der Waals surface area (Å²) in [4.78, 5) is 8.77. The number of aromatic nitrogens is 1. The molecule has 1 fully saturated rings. The number of oxazole rings is 1. The molecular weight excluding hydrogens is 505 g/mol. The van der Waals surface area contributed by atoms with Crippen molar-refractivity contribution in [3.8, 4) is 11.5 Å². The van der Waals surface area contributed by atoms with Crippen molar-refractivity contribution in [3.63, 3.8) is 0 Å². The van der Waals surface area contributed by atoms with Crippen LogP contribution in [0.3, 0.4) is 0 Å². The fraction of sp³-hybridized carbons (Fsp3) is 0.192. The summed E-state index contributed by atoms with van der Waals surface area (Å²) in [5.41, 5.74) is 2.54. The van der Waals surface area contributed by atoms with Gasteiger partial charge in [0.2, 0.25) is 26.6 Å². The third-order valence-electron chi connectivity index (χ3n) is 6.01. The zero-order chi connectivity index (χ0) is 24.6. The molecule has 5 rings (SSSR count). The van der Waals surface area contributed by atoms with Gasteiger partial charge in [0.05, 0.1) is 15.5 Å². The highest BCUT2D eigenvalue weighted by Crippen LogP contribution is 2.37. The summed E-state index contributed by atoms with van der Waals surface area (Å²) >= 11 is 12.5. The van der Waals surface area contributed by atoms with E-state index in [1.54, 1.807) is 42.5 Å². The van der Waals surface area contributed by atoms with Gasteiger partial charge in [-0.3, -0.25) is 0 Å². The molecule has 0 N–H and O–H groups in total. The zero-order valence-corrected chi connectivity index (χ0v) is 21.3. The molecule has 0 radical (unpaired) electrons. The maximum absolute atomic E-state index is 13.7. The van der Waals surface area contributed by atoms with Crippen molar-refractivity contribution in [2.45, 2.75) is 16.8 Å². The van der Waals surface area contributed by atoms with Gasteiger partial charge in [-0.15, -0.1) is 0 Å². The first kappa shape index (κ1) is 23.7. The largest absolute Gasteiger partial charge is 0.419 e. The molecule has 180 valence electrons. The highest BCUT2D eigenvalue weighted by molar-refractivity contribution is 7.91. The predicted octanol–water partition coefficient (Wildman–Crippen LogP) is 6.12. The molecule has 1 aliphatic heterocycles. The lowest BCUT2D eigenvalue weighted by Crippen LogP contribution is -2.46. The number of rotatable bonds is 5. The summed E-state index contributed by atoms with van der Waals surface area (Å²) in [5, 5.41) is 1.01. The summed E-state index contributed by atoms with van der Waals surface area (Å²) in [6, 6.07) is 21.5. The van der Waals surface area contributed by atoms with Crippen molar-refractivity contribution in [2.24, 2.45) is 0 Å². The first-order valence-electron chi connectivity index (χ1n) is 11.2. The molecule has 0 atom stereocenters. The summed E-state index contributed by atoms with van der Waals surface area (Å²) in [5.74, 6) is 0.403. The maximum atomic E-state index is 13.7. The van der Waals surface area contributed by atoms with Crippen molar-refractivity contribution in [1.82, 2.24) is 4.98 Å². The van der Waals surface area contributed by atoms with Crippen molar-refractivity contribution >= 4 is 44.6 Å². The van der Waals surface area contributed by atoms with Gasteiger partial charge in [-0.05, 0) is 49.4 Å². The Morgan fingerprint density at radius 1 is 0.857 bits per heavy atom. The van der Waals surface area contributed by atoms with E-state index in [1.807, 2.05) is 42.2 Å². The molecule has 0 bridgehead atoms. The molecule has 0 saturated carbocycles. The number of aryl methyl sites for hydroxylation is 1. The molecule has 4 aromatic rings. The molecule has 35 heavy (non-hydrogen) atoms. The summed E-state index contributed by atoms with van der Waals surface area (Å²) in [7, 11) is -3.93. The van der Waals surface area contributed by atoms with Crippen LogP contribution in [0.5, 0.6) is 0 Å². The van der Waals surface area contributed by atoms with E-state index in [1.165, 1.54) is 0 Å². The molecule has 1 aromatic heterocycles. The highest BCUT2D eigenvalue weighted by Gasteiger charge is 2.33. The van der Waals surface area contributed by atoms with Gasteiger partial charge in [0.15, 0.2) is 0 Å². The van der Waals surface area contributed by atoms with Crippen LogP contribution in [0.15, 0.2) is 87.1 Å². The van der Waals surface area contributed by atoms with E-state index in [2.05, 4.69) is 9.88 Å². The van der Waals surface area contributed by atoms with E-state index in [0.717, 1.165) is 11.3 Å². The highest BCUT2D eigenvalue weighted by atomic mass is 35.5. The van der Waals surface area contributed by atoms with Crippen LogP contribution in [0, 0.1) is 6.92 Å². The number of hydrogen-bond donors (Lipinski definition) is 0. The zero-order valence-electron chi connectivity index (χ0n) is 19.0. The Morgan fingerprint density at radius 3 is 2.23 bits per heavy atom. The minimum absolute atomic E-state index is 0.104. The topological polar surface area (TPSA) is 66.7 Å². The quantitative estimate of drug-likeness (QED) is 0.311. The molecule has 0 spiro atoms. The van der Waals surface area contributed by atoms with Crippen molar-refractivity contribution < 1.29 is 12.8 Å². The van der Waals surface area contributed by atoms with Gasteiger partial charge < -0.3 is 14.2 Å². The van der Waals surface area contributed by atoms with Crippen LogP contribution in [0.25, 0.3) is 11.5 Å². The Balaban J connectivity index is 1.52. The van der Waals surface area contributed by atoms with Gasteiger partial charge in [-0.25, -0.2) is 8.42 Å². The van der Waals surface area contributed by atoms with Gasteiger partial charge in [-0.1, -0.05) is 59.1 Å². The number of anilines is 2. The molecule has 1 saturated heterocycles. The Hall–Kier alpha value is -3.00. The SMILES string of the molecule is Cc1ccc(S(=O)(=O)c2nc(-c3ccccc3Cl)oc2N2CCN(c3cccc(Cl)c3)CC2)cc1. The van der Waals surface area contributed by atoms with E-state index in [-0.39, 0.29) is 21.7 Å². The van der Waals surface area contributed by atoms with Gasteiger partial charge >= 0.3 is 0 Å². The van der Waals surface area contributed by atoms with Crippen LogP contribution in [0.1, 0.15) is 5.56 Å². The van der Waals surface area contributed by atoms with Gasteiger partial charge in [0.1, 0.15) is 0 Å². The second kappa shape index (κ2) is 9.57. The summed E-state index contributed by atoms with van der Waals surface area (Å²) < 4.78 is 33.4.